The molecule has 0 aromatic carbocycles. The first-order valence-electron chi connectivity index (χ1n) is 4.30. The Kier molecular flexibility index (Phi) is 1.53. The van der Waals surface area contributed by atoms with Crippen LogP contribution in [0.3, 0.4) is 0 Å². The minimum absolute atomic E-state index is 0.221. The standard InChI is InChI=1S/C11H13N/c1-11(2)7-8-12-10-6-4-3-5-9(10)11/h3-9H,1-2H3. The van der Waals surface area contributed by atoms with Crippen molar-refractivity contribution in [3.8, 4) is 0 Å². The summed E-state index contributed by atoms with van der Waals surface area (Å²) >= 11 is 0. The fraction of sp³-hybridized carbons (Fsp3) is 0.364. The lowest BCUT2D eigenvalue weighted by Crippen LogP contribution is -2.29. The van der Waals surface area contributed by atoms with E-state index < -0.39 is 0 Å². The Morgan fingerprint density at radius 3 is 2.92 bits per heavy atom. The third-order valence-electron chi connectivity index (χ3n) is 2.53. The highest BCUT2D eigenvalue weighted by molar-refractivity contribution is 6.00. The summed E-state index contributed by atoms with van der Waals surface area (Å²) in [5.41, 5.74) is 1.41. The van der Waals surface area contributed by atoms with Crippen LogP contribution in [0.1, 0.15) is 13.8 Å². The molecule has 0 spiro atoms. The molecule has 2 rings (SSSR count). The molecule has 0 fully saturated rings. The van der Waals surface area contributed by atoms with E-state index in [0.717, 1.165) is 0 Å². The van der Waals surface area contributed by atoms with Crippen molar-refractivity contribution in [2.75, 3.05) is 0 Å². The van der Waals surface area contributed by atoms with Crippen LogP contribution in [0.4, 0.5) is 0 Å². The quantitative estimate of drug-likeness (QED) is 0.515. The van der Waals surface area contributed by atoms with E-state index in [-0.39, 0.29) is 5.41 Å². The number of hydrogen-bond acceptors (Lipinski definition) is 1. The van der Waals surface area contributed by atoms with Crippen molar-refractivity contribution in [3.63, 3.8) is 0 Å². The average Bonchev–Trinajstić information content (AvgIpc) is 2.04. The summed E-state index contributed by atoms with van der Waals surface area (Å²) in [6.45, 7) is 4.48. The molecule has 0 N–H and O–H groups in total. The lowest BCUT2D eigenvalue weighted by atomic mass is 9.73. The zero-order chi connectivity index (χ0) is 8.60. The highest BCUT2D eigenvalue weighted by Crippen LogP contribution is 2.35. The maximum absolute atomic E-state index is 4.35. The van der Waals surface area contributed by atoms with Gasteiger partial charge in [-0.15, -0.1) is 0 Å². The second kappa shape index (κ2) is 2.44. The molecule has 2 aliphatic rings. The number of hydrogen-bond donors (Lipinski definition) is 0. The molecule has 0 saturated carbocycles. The third kappa shape index (κ3) is 1.06. The second-order valence-corrected chi connectivity index (χ2v) is 3.91. The molecule has 0 saturated heterocycles. The van der Waals surface area contributed by atoms with Crippen LogP contribution in [0.2, 0.25) is 0 Å². The van der Waals surface area contributed by atoms with Crippen LogP contribution in [0.5, 0.6) is 0 Å². The molecule has 0 bridgehead atoms. The molecule has 1 nitrogen and oxygen atoms in total. The van der Waals surface area contributed by atoms with Gasteiger partial charge in [-0.05, 0) is 11.5 Å². The molecule has 1 atom stereocenters. The summed E-state index contributed by atoms with van der Waals surface area (Å²) in [6.07, 6.45) is 12.5. The van der Waals surface area contributed by atoms with Crippen LogP contribution in [0.15, 0.2) is 41.6 Å². The highest BCUT2D eigenvalue weighted by atomic mass is 14.7. The number of aliphatic imine (C=N–C) groups is 1. The Morgan fingerprint density at radius 1 is 1.33 bits per heavy atom. The summed E-state index contributed by atoms with van der Waals surface area (Å²) in [5, 5.41) is 0. The van der Waals surface area contributed by atoms with E-state index in [1.807, 2.05) is 12.3 Å². The third-order valence-corrected chi connectivity index (χ3v) is 2.53. The molecule has 1 aliphatic heterocycles. The topological polar surface area (TPSA) is 12.4 Å². The van der Waals surface area contributed by atoms with Gasteiger partial charge in [0, 0.05) is 17.8 Å². The molecular weight excluding hydrogens is 146 g/mol. The Bertz CT molecular complexity index is 303. The van der Waals surface area contributed by atoms with Gasteiger partial charge in [0.25, 0.3) is 0 Å². The van der Waals surface area contributed by atoms with E-state index >= 15 is 0 Å². The number of allylic oxidation sites excluding steroid dienone is 5. The molecule has 1 heteroatoms. The van der Waals surface area contributed by atoms with Crippen molar-refractivity contribution in [2.24, 2.45) is 16.3 Å². The van der Waals surface area contributed by atoms with Crippen molar-refractivity contribution < 1.29 is 0 Å². The zero-order valence-corrected chi connectivity index (χ0v) is 7.49. The smallest absolute Gasteiger partial charge is 0.0480 e. The van der Waals surface area contributed by atoms with Gasteiger partial charge in [0.05, 0.1) is 0 Å². The highest BCUT2D eigenvalue weighted by Gasteiger charge is 2.30. The summed E-state index contributed by atoms with van der Waals surface area (Å²) in [5.74, 6) is 0.465. The number of fused-ring (bicyclic) bond motifs is 1. The Labute approximate surface area is 73.2 Å². The van der Waals surface area contributed by atoms with Crippen LogP contribution in [0.25, 0.3) is 0 Å². The molecule has 0 radical (unpaired) electrons. The van der Waals surface area contributed by atoms with Crippen LogP contribution < -0.4 is 0 Å². The number of nitrogens with zero attached hydrogens (tertiary/aromatic N) is 1. The first-order valence-corrected chi connectivity index (χ1v) is 4.30. The summed E-state index contributed by atoms with van der Waals surface area (Å²) < 4.78 is 0. The van der Waals surface area contributed by atoms with Gasteiger partial charge < -0.3 is 0 Å². The van der Waals surface area contributed by atoms with Gasteiger partial charge in [0.2, 0.25) is 0 Å². The fourth-order valence-electron chi connectivity index (χ4n) is 1.70. The average molecular weight is 159 g/mol. The predicted octanol–water partition coefficient (Wildman–Crippen LogP) is 2.72. The van der Waals surface area contributed by atoms with E-state index in [1.54, 1.807) is 0 Å². The molecule has 0 aromatic heterocycles. The molecule has 1 heterocycles. The van der Waals surface area contributed by atoms with Gasteiger partial charge in [-0.3, -0.25) is 4.99 Å². The zero-order valence-electron chi connectivity index (χ0n) is 7.49. The van der Waals surface area contributed by atoms with Crippen LogP contribution >= 0.6 is 0 Å². The Hall–Kier alpha value is -1.11. The molecule has 1 aliphatic carbocycles. The molecular formula is C11H13N. The summed E-state index contributed by atoms with van der Waals surface area (Å²) in [6, 6.07) is 0. The van der Waals surface area contributed by atoms with Crippen LogP contribution in [-0.4, -0.2) is 5.71 Å². The first kappa shape index (κ1) is 7.53. The lowest BCUT2D eigenvalue weighted by molar-refractivity contribution is 0.416. The van der Waals surface area contributed by atoms with Gasteiger partial charge >= 0.3 is 0 Å². The van der Waals surface area contributed by atoms with Gasteiger partial charge in [0.1, 0.15) is 0 Å². The van der Waals surface area contributed by atoms with E-state index in [1.165, 1.54) is 5.71 Å². The van der Waals surface area contributed by atoms with E-state index in [9.17, 15) is 0 Å². The normalized spacial score (nSPS) is 29.8. The minimum atomic E-state index is 0.221. The van der Waals surface area contributed by atoms with Crippen LogP contribution in [0, 0.1) is 11.3 Å². The van der Waals surface area contributed by atoms with Crippen molar-refractivity contribution in [2.45, 2.75) is 13.8 Å². The van der Waals surface area contributed by atoms with Crippen molar-refractivity contribution in [1.29, 1.82) is 0 Å². The summed E-state index contributed by atoms with van der Waals surface area (Å²) in [7, 11) is 0. The van der Waals surface area contributed by atoms with E-state index in [2.05, 4.69) is 43.1 Å². The minimum Gasteiger partial charge on any atom is -0.261 e. The van der Waals surface area contributed by atoms with Crippen molar-refractivity contribution in [1.82, 2.24) is 0 Å². The largest absolute Gasteiger partial charge is 0.261 e. The molecule has 1 unspecified atom stereocenters. The molecule has 12 heavy (non-hydrogen) atoms. The van der Waals surface area contributed by atoms with Gasteiger partial charge in [-0.25, -0.2) is 0 Å². The monoisotopic (exact) mass is 159 g/mol. The molecule has 62 valence electrons. The van der Waals surface area contributed by atoms with Crippen LogP contribution in [-0.2, 0) is 0 Å². The maximum Gasteiger partial charge on any atom is 0.0480 e. The van der Waals surface area contributed by atoms with Crippen molar-refractivity contribution >= 4 is 5.71 Å². The van der Waals surface area contributed by atoms with Gasteiger partial charge in [0.15, 0.2) is 0 Å². The van der Waals surface area contributed by atoms with Gasteiger partial charge in [-0.2, -0.15) is 0 Å². The second-order valence-electron chi connectivity index (χ2n) is 3.91. The first-order chi connectivity index (χ1) is 5.70. The van der Waals surface area contributed by atoms with E-state index in [4.69, 9.17) is 0 Å². The lowest BCUT2D eigenvalue weighted by Gasteiger charge is -2.32. The Balaban J connectivity index is 2.42. The van der Waals surface area contributed by atoms with Crippen molar-refractivity contribution in [3.05, 3.63) is 36.6 Å². The fourth-order valence-corrected chi connectivity index (χ4v) is 1.70. The predicted molar refractivity (Wildman–Crippen MR) is 52.1 cm³/mol. The van der Waals surface area contributed by atoms with Gasteiger partial charge in [-0.1, -0.05) is 38.2 Å². The maximum atomic E-state index is 4.35. The Morgan fingerprint density at radius 2 is 2.17 bits per heavy atom. The molecule has 0 amide bonds. The summed E-state index contributed by atoms with van der Waals surface area (Å²) in [4.78, 5) is 4.35. The van der Waals surface area contributed by atoms with E-state index in [0.29, 0.717) is 5.92 Å². The molecule has 0 aromatic rings. The number of rotatable bonds is 0. The SMILES string of the molecule is CC1(C)C=CN=C2C=CC=CC21.